The van der Waals surface area contributed by atoms with Crippen molar-refractivity contribution >= 4 is 11.9 Å². The first-order valence-electron chi connectivity index (χ1n) is 6.53. The summed E-state index contributed by atoms with van der Waals surface area (Å²) in [6.07, 6.45) is 13.5. The Morgan fingerprint density at radius 2 is 0.900 bits per heavy atom. The van der Waals surface area contributed by atoms with Crippen LogP contribution in [0.4, 0.5) is 0 Å². The van der Waals surface area contributed by atoms with Gasteiger partial charge in [-0.15, -0.1) is 0 Å². The van der Waals surface area contributed by atoms with E-state index in [2.05, 4.69) is 9.78 Å². The Morgan fingerprint density at radius 1 is 0.650 bits per heavy atom. The molecule has 0 bridgehead atoms. The zero-order valence-corrected chi connectivity index (χ0v) is 12.3. The topological polar surface area (TPSA) is 52.6 Å². The van der Waals surface area contributed by atoms with Crippen molar-refractivity contribution in [2.75, 3.05) is 0 Å². The third-order valence-electron chi connectivity index (χ3n) is 3.27. The molecule has 0 amide bonds. The summed E-state index contributed by atoms with van der Waals surface area (Å²) in [4.78, 5) is 33.9. The Hall–Kier alpha value is -2.10. The third-order valence-corrected chi connectivity index (χ3v) is 3.27. The number of hydrogen-bond acceptors (Lipinski definition) is 4. The molecule has 0 saturated carbocycles. The van der Waals surface area contributed by atoms with E-state index < -0.39 is 22.8 Å². The van der Waals surface area contributed by atoms with Crippen LogP contribution in [-0.2, 0) is 19.4 Å². The molecule has 20 heavy (non-hydrogen) atoms. The standard InChI is InChI=1S/C16H20O4/c1-5-9-15(10-6-2)13(17)19-20-14(18)16(15,11-7-3)12-8-4/h5-12H,1-4H3. The Labute approximate surface area is 119 Å². The summed E-state index contributed by atoms with van der Waals surface area (Å²) < 4.78 is 0. The van der Waals surface area contributed by atoms with Crippen molar-refractivity contribution in [1.29, 1.82) is 0 Å². The number of rotatable bonds is 4. The number of carbonyl (C=O) groups excluding carboxylic acids is 2. The van der Waals surface area contributed by atoms with Gasteiger partial charge < -0.3 is 0 Å². The van der Waals surface area contributed by atoms with E-state index in [-0.39, 0.29) is 0 Å². The first-order valence-corrected chi connectivity index (χ1v) is 6.53. The van der Waals surface area contributed by atoms with Gasteiger partial charge in [0.15, 0.2) is 0 Å². The molecule has 4 nitrogen and oxygen atoms in total. The second kappa shape index (κ2) is 6.37. The molecule has 0 aliphatic carbocycles. The first kappa shape index (κ1) is 16.0. The monoisotopic (exact) mass is 276 g/mol. The maximum Gasteiger partial charge on any atom is 0.370 e. The predicted molar refractivity (Wildman–Crippen MR) is 76.3 cm³/mol. The van der Waals surface area contributed by atoms with Crippen molar-refractivity contribution in [2.45, 2.75) is 27.7 Å². The van der Waals surface area contributed by atoms with E-state index in [9.17, 15) is 9.59 Å². The fourth-order valence-electron chi connectivity index (χ4n) is 2.54. The maximum absolute atomic E-state index is 12.3. The van der Waals surface area contributed by atoms with E-state index in [1.807, 2.05) is 0 Å². The van der Waals surface area contributed by atoms with Gasteiger partial charge in [-0.2, -0.15) is 0 Å². The predicted octanol–water partition coefficient (Wildman–Crippen LogP) is 3.28. The highest BCUT2D eigenvalue weighted by molar-refractivity contribution is 5.97. The molecule has 0 unspecified atom stereocenters. The molecule has 1 heterocycles. The first-order chi connectivity index (χ1) is 9.54. The molecule has 1 rings (SSSR count). The summed E-state index contributed by atoms with van der Waals surface area (Å²) >= 11 is 0. The fraction of sp³-hybridized carbons (Fsp3) is 0.375. The molecule has 0 aromatic rings. The molecule has 0 N–H and O–H groups in total. The van der Waals surface area contributed by atoms with Gasteiger partial charge in [-0.05, 0) is 27.7 Å². The molecule has 0 radical (unpaired) electrons. The largest absolute Gasteiger partial charge is 0.370 e. The van der Waals surface area contributed by atoms with Crippen LogP contribution in [0.25, 0.3) is 0 Å². The Morgan fingerprint density at radius 3 is 1.10 bits per heavy atom. The molecule has 0 aromatic heterocycles. The van der Waals surface area contributed by atoms with Crippen LogP contribution >= 0.6 is 0 Å². The van der Waals surface area contributed by atoms with Crippen molar-refractivity contribution < 1.29 is 19.4 Å². The van der Waals surface area contributed by atoms with Gasteiger partial charge in [-0.1, -0.05) is 48.6 Å². The minimum Gasteiger partial charge on any atom is -0.246 e. The Balaban J connectivity index is 3.74. The molecule has 0 atom stereocenters. The molecule has 0 aromatic carbocycles. The van der Waals surface area contributed by atoms with Gasteiger partial charge in [0.2, 0.25) is 0 Å². The molecule has 108 valence electrons. The summed E-state index contributed by atoms with van der Waals surface area (Å²) in [5, 5.41) is 0. The summed E-state index contributed by atoms with van der Waals surface area (Å²) in [7, 11) is 0. The highest BCUT2D eigenvalue weighted by atomic mass is 17.2. The summed E-state index contributed by atoms with van der Waals surface area (Å²) in [6.45, 7) is 7.15. The molecule has 1 fully saturated rings. The number of allylic oxidation sites excluding steroid dienone is 4. The average molecular weight is 276 g/mol. The van der Waals surface area contributed by atoms with E-state index in [0.29, 0.717) is 0 Å². The lowest BCUT2D eigenvalue weighted by molar-refractivity contribution is -0.286. The Bertz CT molecular complexity index is 425. The highest BCUT2D eigenvalue weighted by Crippen LogP contribution is 2.49. The van der Waals surface area contributed by atoms with Crippen LogP contribution in [0, 0.1) is 10.8 Å². The van der Waals surface area contributed by atoms with E-state index in [0.717, 1.165) is 0 Å². The SMILES string of the molecule is CC=CC1(C=CC)C(=O)OOC(=O)C1(C=CC)C=CC. The number of hydrogen-bond donors (Lipinski definition) is 0. The van der Waals surface area contributed by atoms with Crippen molar-refractivity contribution in [3.05, 3.63) is 48.6 Å². The van der Waals surface area contributed by atoms with Crippen LogP contribution < -0.4 is 0 Å². The normalized spacial score (nSPS) is 31.6. The average Bonchev–Trinajstić information content (AvgIpc) is 2.42. The van der Waals surface area contributed by atoms with Crippen molar-refractivity contribution in [2.24, 2.45) is 10.8 Å². The molecule has 1 aliphatic rings. The fourth-order valence-corrected chi connectivity index (χ4v) is 2.54. The van der Waals surface area contributed by atoms with Gasteiger partial charge in [-0.25, -0.2) is 19.4 Å². The lowest BCUT2D eigenvalue weighted by atomic mass is 9.61. The molecule has 0 spiro atoms. The van der Waals surface area contributed by atoms with Crippen LogP contribution in [0.15, 0.2) is 48.6 Å². The maximum atomic E-state index is 12.3. The zero-order valence-electron chi connectivity index (χ0n) is 12.3. The number of carbonyl (C=O) groups is 2. The second-order valence-electron chi connectivity index (χ2n) is 4.48. The molecule has 1 aliphatic heterocycles. The van der Waals surface area contributed by atoms with Crippen LogP contribution in [0.2, 0.25) is 0 Å². The van der Waals surface area contributed by atoms with E-state index in [1.165, 1.54) is 0 Å². The summed E-state index contributed by atoms with van der Waals surface area (Å²) in [5.74, 6) is -1.24. The summed E-state index contributed by atoms with van der Waals surface area (Å²) in [6, 6.07) is 0. The van der Waals surface area contributed by atoms with Crippen LogP contribution in [0.3, 0.4) is 0 Å². The summed E-state index contributed by atoms with van der Waals surface area (Å²) in [5.41, 5.74) is -2.49. The smallest absolute Gasteiger partial charge is 0.246 e. The van der Waals surface area contributed by atoms with Gasteiger partial charge in [0, 0.05) is 0 Å². The highest BCUT2D eigenvalue weighted by Gasteiger charge is 2.61. The molecule has 4 heteroatoms. The minimum absolute atomic E-state index is 0.621. The van der Waals surface area contributed by atoms with Gasteiger partial charge in [-0.3, -0.25) is 0 Å². The van der Waals surface area contributed by atoms with Crippen molar-refractivity contribution in [3.63, 3.8) is 0 Å². The van der Waals surface area contributed by atoms with Crippen molar-refractivity contribution in [1.82, 2.24) is 0 Å². The lowest BCUT2D eigenvalue weighted by Gasteiger charge is -2.41. The van der Waals surface area contributed by atoms with Gasteiger partial charge in [0.1, 0.15) is 10.8 Å². The van der Waals surface area contributed by atoms with Gasteiger partial charge in [0.05, 0.1) is 0 Å². The van der Waals surface area contributed by atoms with Crippen molar-refractivity contribution in [3.8, 4) is 0 Å². The van der Waals surface area contributed by atoms with Crippen LogP contribution in [-0.4, -0.2) is 11.9 Å². The van der Waals surface area contributed by atoms with E-state index >= 15 is 0 Å². The lowest BCUT2D eigenvalue weighted by Crippen LogP contribution is -2.54. The Kier molecular flexibility index (Phi) is 5.08. The second-order valence-corrected chi connectivity index (χ2v) is 4.48. The minimum atomic E-state index is -1.25. The van der Waals surface area contributed by atoms with Crippen LogP contribution in [0.1, 0.15) is 27.7 Å². The molecular weight excluding hydrogens is 256 g/mol. The quantitative estimate of drug-likeness (QED) is 0.584. The zero-order chi connectivity index (χ0) is 15.2. The van der Waals surface area contributed by atoms with E-state index in [1.54, 1.807) is 76.3 Å². The van der Waals surface area contributed by atoms with Gasteiger partial charge in [0.25, 0.3) is 0 Å². The van der Waals surface area contributed by atoms with Gasteiger partial charge >= 0.3 is 11.9 Å². The van der Waals surface area contributed by atoms with E-state index in [4.69, 9.17) is 0 Å². The van der Waals surface area contributed by atoms with Crippen LogP contribution in [0.5, 0.6) is 0 Å². The third kappa shape index (κ3) is 2.22. The molecular formula is C16H20O4. The molecule has 1 saturated heterocycles.